The van der Waals surface area contributed by atoms with Crippen molar-refractivity contribution in [1.82, 2.24) is 0 Å². The van der Waals surface area contributed by atoms with Crippen molar-refractivity contribution in [3.8, 4) is 0 Å². The van der Waals surface area contributed by atoms with Crippen LogP contribution in [0.25, 0.3) is 0 Å². The van der Waals surface area contributed by atoms with Gasteiger partial charge in [0.2, 0.25) is 0 Å². The number of Topliss-reactive ketones (excluding diaryl/α,β-unsaturated/α-hetero) is 3. The van der Waals surface area contributed by atoms with Crippen LogP contribution in [0.5, 0.6) is 0 Å². The van der Waals surface area contributed by atoms with Crippen molar-refractivity contribution in [3.05, 3.63) is 0 Å². The lowest BCUT2D eigenvalue weighted by atomic mass is 9.38. The number of aliphatic hydroxyl groups excluding tert-OH is 1. The molecule has 4 fully saturated rings. The fourth-order valence-electron chi connectivity index (χ4n) is 9.34. The molecule has 4 saturated carbocycles. The number of carbonyl (C=O) groups is 3. The molecule has 1 N–H and O–H groups in total. The lowest BCUT2D eigenvalue weighted by Gasteiger charge is -2.65. The van der Waals surface area contributed by atoms with E-state index in [0.717, 1.165) is 38.5 Å². The van der Waals surface area contributed by atoms with E-state index in [4.69, 9.17) is 0 Å². The second-order valence-corrected chi connectivity index (χ2v) is 13.0. The second-order valence-electron chi connectivity index (χ2n) is 13.0. The molecule has 0 saturated heterocycles. The van der Waals surface area contributed by atoms with Crippen LogP contribution in [0.1, 0.15) is 99.3 Å². The first kappa shape index (κ1) is 24.1. The smallest absolute Gasteiger partial charge is 0.158 e. The van der Waals surface area contributed by atoms with Crippen molar-refractivity contribution in [2.24, 2.45) is 51.8 Å². The summed E-state index contributed by atoms with van der Waals surface area (Å²) in [5, 5.41) is 9.96. The van der Waals surface area contributed by atoms with Crippen molar-refractivity contribution in [1.29, 1.82) is 0 Å². The van der Waals surface area contributed by atoms with Crippen LogP contribution in [0.4, 0.5) is 0 Å². The lowest BCUT2D eigenvalue weighted by molar-refractivity contribution is -0.183. The van der Waals surface area contributed by atoms with Crippen molar-refractivity contribution in [2.45, 2.75) is 105 Å². The van der Waals surface area contributed by atoms with Gasteiger partial charge >= 0.3 is 0 Å². The molecule has 0 amide bonds. The maximum absolute atomic E-state index is 13.7. The van der Waals surface area contributed by atoms with Gasteiger partial charge in [0.1, 0.15) is 17.7 Å². The Morgan fingerprint density at radius 2 is 1.69 bits per heavy atom. The Morgan fingerprint density at radius 3 is 2.34 bits per heavy atom. The first-order valence-electron chi connectivity index (χ1n) is 13.1. The molecule has 0 aliphatic heterocycles. The summed E-state index contributed by atoms with van der Waals surface area (Å²) in [5.41, 5.74) is -0.0352. The fourth-order valence-corrected chi connectivity index (χ4v) is 9.34. The zero-order valence-electron chi connectivity index (χ0n) is 21.1. The van der Waals surface area contributed by atoms with Gasteiger partial charge in [-0.25, -0.2) is 0 Å². The number of ketones is 3. The lowest BCUT2D eigenvalue weighted by Crippen LogP contribution is -2.62. The molecule has 32 heavy (non-hydrogen) atoms. The van der Waals surface area contributed by atoms with Crippen LogP contribution < -0.4 is 0 Å². The van der Waals surface area contributed by atoms with Crippen LogP contribution in [0.15, 0.2) is 0 Å². The van der Waals surface area contributed by atoms with Crippen LogP contribution in [0.3, 0.4) is 0 Å². The molecule has 0 heterocycles. The summed E-state index contributed by atoms with van der Waals surface area (Å²) in [6.45, 7) is 12.8. The summed E-state index contributed by atoms with van der Waals surface area (Å²) < 4.78 is 0. The van der Waals surface area contributed by atoms with E-state index in [1.165, 1.54) is 6.92 Å². The molecule has 4 heteroatoms. The van der Waals surface area contributed by atoms with Gasteiger partial charge in [-0.05, 0) is 92.3 Å². The van der Waals surface area contributed by atoms with Gasteiger partial charge in [-0.15, -0.1) is 0 Å². The van der Waals surface area contributed by atoms with Crippen LogP contribution in [0.2, 0.25) is 0 Å². The van der Waals surface area contributed by atoms with E-state index in [9.17, 15) is 19.5 Å². The minimum absolute atomic E-state index is 0.0698. The van der Waals surface area contributed by atoms with Crippen molar-refractivity contribution in [2.75, 3.05) is 0 Å². The molecular weight excluding hydrogens is 400 g/mol. The quantitative estimate of drug-likeness (QED) is 0.617. The summed E-state index contributed by atoms with van der Waals surface area (Å²) >= 11 is 0. The molecule has 4 rings (SSSR count). The van der Waals surface area contributed by atoms with Gasteiger partial charge in [0.15, 0.2) is 5.78 Å². The van der Waals surface area contributed by atoms with Crippen LogP contribution in [-0.2, 0) is 14.4 Å². The Labute approximate surface area is 194 Å². The van der Waals surface area contributed by atoms with E-state index in [1.54, 1.807) is 0 Å². The van der Waals surface area contributed by atoms with Gasteiger partial charge in [-0.3, -0.25) is 14.4 Å². The van der Waals surface area contributed by atoms with Crippen LogP contribution in [-0.4, -0.2) is 28.6 Å². The predicted octanol–water partition coefficient (Wildman–Crippen LogP) is 5.40. The average Bonchev–Trinajstić information content (AvgIpc) is 3.18. The molecule has 9 atom stereocenters. The molecule has 4 aliphatic carbocycles. The number of rotatable bonds is 5. The third-order valence-corrected chi connectivity index (χ3v) is 11.3. The Hall–Kier alpha value is -1.03. The normalized spacial score (nSPS) is 44.9. The Balaban J connectivity index is 1.57. The Bertz CT molecular complexity index is 799. The monoisotopic (exact) mass is 444 g/mol. The zero-order chi connectivity index (χ0) is 23.6. The highest BCUT2D eigenvalue weighted by atomic mass is 16.3. The first-order chi connectivity index (χ1) is 14.8. The molecular formula is C28H44O4. The maximum atomic E-state index is 13.7. The number of fused-ring (bicyclic) bond motifs is 5. The number of carbonyl (C=O) groups excluding carboxylic acids is 3. The van der Waals surface area contributed by atoms with Crippen molar-refractivity contribution < 1.29 is 19.5 Å². The van der Waals surface area contributed by atoms with Gasteiger partial charge < -0.3 is 5.11 Å². The summed E-state index contributed by atoms with van der Waals surface area (Å²) in [6.07, 6.45) is 7.15. The third-order valence-electron chi connectivity index (χ3n) is 11.3. The highest BCUT2D eigenvalue weighted by molar-refractivity contribution is 5.86. The summed E-state index contributed by atoms with van der Waals surface area (Å²) in [5.74, 6) is 2.76. The molecule has 0 bridgehead atoms. The van der Waals surface area contributed by atoms with E-state index < -0.39 is 6.10 Å². The topological polar surface area (TPSA) is 71.4 Å². The minimum atomic E-state index is -0.869. The van der Waals surface area contributed by atoms with Gasteiger partial charge in [-0.2, -0.15) is 0 Å². The molecule has 4 nitrogen and oxygen atoms in total. The molecule has 0 aromatic carbocycles. The third kappa shape index (κ3) is 3.46. The molecule has 0 spiro atoms. The van der Waals surface area contributed by atoms with E-state index in [0.29, 0.717) is 60.4 Å². The van der Waals surface area contributed by atoms with E-state index >= 15 is 0 Å². The van der Waals surface area contributed by atoms with Crippen molar-refractivity contribution >= 4 is 17.3 Å². The largest absolute Gasteiger partial charge is 0.385 e. The van der Waals surface area contributed by atoms with Gasteiger partial charge in [-0.1, -0.05) is 34.6 Å². The highest BCUT2D eigenvalue weighted by Crippen LogP contribution is 2.70. The van der Waals surface area contributed by atoms with Gasteiger partial charge in [0, 0.05) is 24.2 Å². The molecule has 180 valence electrons. The molecule has 0 aromatic heterocycles. The van der Waals surface area contributed by atoms with E-state index in [2.05, 4.69) is 34.6 Å². The zero-order valence-corrected chi connectivity index (χ0v) is 21.1. The maximum Gasteiger partial charge on any atom is 0.158 e. The molecule has 7 unspecified atom stereocenters. The van der Waals surface area contributed by atoms with E-state index in [1.807, 2.05) is 0 Å². The van der Waals surface area contributed by atoms with Gasteiger partial charge in [0.25, 0.3) is 0 Å². The fraction of sp³-hybridized carbons (Fsp3) is 0.893. The highest BCUT2D eigenvalue weighted by Gasteiger charge is 2.66. The van der Waals surface area contributed by atoms with Crippen LogP contribution in [0, 0.1) is 51.8 Å². The summed E-state index contributed by atoms with van der Waals surface area (Å²) in [4.78, 5) is 37.9. The molecule has 0 aromatic rings. The average molecular weight is 445 g/mol. The standard InChI is InChI=1S/C28H44O4/c1-16(7-10-20(30)17(2)29)18-8-9-19-25(18)21(31)15-23-27(19,5)13-11-22-26(3,4)24(32)12-14-28(22,23)6/h16,18-20,22-23,25,30H,7-15H2,1-6H3/t16?,18?,19?,20?,22?,23?,25?,27-,28-/m0/s1. The van der Waals surface area contributed by atoms with E-state index in [-0.39, 0.29) is 27.9 Å². The Morgan fingerprint density at radius 1 is 1.00 bits per heavy atom. The number of aliphatic hydroxyl groups is 1. The second kappa shape index (κ2) is 8.03. The first-order valence-corrected chi connectivity index (χ1v) is 13.1. The summed E-state index contributed by atoms with van der Waals surface area (Å²) in [6, 6.07) is 0. The predicted molar refractivity (Wildman–Crippen MR) is 125 cm³/mol. The molecule has 0 radical (unpaired) electrons. The van der Waals surface area contributed by atoms with Crippen molar-refractivity contribution in [3.63, 3.8) is 0 Å². The SMILES string of the molecule is CC(=O)C(O)CCC(C)C1CCC2C1C(=O)CC1[C@@]2(C)CCC2C(C)(C)C(=O)CC[C@@]21C. The summed E-state index contributed by atoms with van der Waals surface area (Å²) in [7, 11) is 0. The minimum Gasteiger partial charge on any atom is -0.385 e. The van der Waals surface area contributed by atoms with Gasteiger partial charge in [0.05, 0.1) is 0 Å². The van der Waals surface area contributed by atoms with Crippen LogP contribution >= 0.6 is 0 Å². The molecule has 4 aliphatic rings. The number of hydrogen-bond acceptors (Lipinski definition) is 4. The Kier molecular flexibility index (Phi) is 6.05. The number of hydrogen-bond donors (Lipinski definition) is 1.